The van der Waals surface area contributed by atoms with E-state index < -0.39 is 29.6 Å². The first-order chi connectivity index (χ1) is 14.7. The van der Waals surface area contributed by atoms with Crippen molar-refractivity contribution in [1.82, 2.24) is 20.8 Å². The largest absolute Gasteiger partial charge is 0.370 e. The predicted octanol–water partition coefficient (Wildman–Crippen LogP) is 0.937. The van der Waals surface area contributed by atoms with Crippen LogP contribution in [0.3, 0.4) is 0 Å². The Bertz CT molecular complexity index is 1040. The van der Waals surface area contributed by atoms with Crippen LogP contribution in [-0.4, -0.2) is 53.0 Å². The van der Waals surface area contributed by atoms with Crippen molar-refractivity contribution >= 4 is 35.4 Å². The van der Waals surface area contributed by atoms with Crippen molar-refractivity contribution in [3.05, 3.63) is 28.8 Å². The van der Waals surface area contributed by atoms with Gasteiger partial charge in [0.2, 0.25) is 12.3 Å². The van der Waals surface area contributed by atoms with Crippen molar-refractivity contribution in [2.75, 3.05) is 11.4 Å². The van der Waals surface area contributed by atoms with Crippen LogP contribution in [-0.2, 0) is 20.7 Å². The summed E-state index contributed by atoms with van der Waals surface area (Å²) in [6.07, 6.45) is -0.0471. The predicted molar refractivity (Wildman–Crippen MR) is 114 cm³/mol. The SMILES string of the molecule is Cc1nnc(-c2ccc3c(c2)CC(C(=O)NC(=O)NC=O)C2(N)C(C)OC(C)CN32)s1. The van der Waals surface area contributed by atoms with Gasteiger partial charge in [-0.15, -0.1) is 10.2 Å². The van der Waals surface area contributed by atoms with Gasteiger partial charge in [0.05, 0.1) is 18.1 Å². The van der Waals surface area contributed by atoms with E-state index in [1.807, 2.05) is 49.2 Å². The van der Waals surface area contributed by atoms with Crippen LogP contribution < -0.4 is 21.3 Å². The number of anilines is 1. The topological polar surface area (TPSA) is 140 Å². The third-order valence-corrected chi connectivity index (χ3v) is 6.75. The second-order valence-corrected chi connectivity index (χ2v) is 9.08. The molecule has 2 aromatic rings. The molecule has 0 aliphatic carbocycles. The van der Waals surface area contributed by atoms with Crippen LogP contribution in [0.2, 0.25) is 0 Å². The van der Waals surface area contributed by atoms with E-state index in [2.05, 4.69) is 15.5 Å². The number of nitrogens with zero attached hydrogens (tertiary/aromatic N) is 3. The fraction of sp³-hybridized carbons (Fsp3) is 0.450. The number of fused-ring (bicyclic) bond motifs is 3. The van der Waals surface area contributed by atoms with Gasteiger partial charge >= 0.3 is 6.03 Å². The molecule has 31 heavy (non-hydrogen) atoms. The number of aryl methyl sites for hydroxylation is 1. The zero-order valence-corrected chi connectivity index (χ0v) is 18.2. The van der Waals surface area contributed by atoms with E-state index in [-0.39, 0.29) is 12.5 Å². The third-order valence-electron chi connectivity index (χ3n) is 5.86. The van der Waals surface area contributed by atoms with Gasteiger partial charge in [0.15, 0.2) is 0 Å². The Morgan fingerprint density at radius 1 is 1.35 bits per heavy atom. The van der Waals surface area contributed by atoms with Crippen LogP contribution in [0.4, 0.5) is 10.5 Å². The molecule has 4 rings (SSSR count). The van der Waals surface area contributed by atoms with Gasteiger partial charge in [-0.05, 0) is 51.0 Å². The number of morpholine rings is 1. The highest BCUT2D eigenvalue weighted by Crippen LogP contribution is 2.44. The average Bonchev–Trinajstić information content (AvgIpc) is 3.15. The number of benzene rings is 1. The lowest BCUT2D eigenvalue weighted by molar-refractivity contribution is -0.135. The summed E-state index contributed by atoms with van der Waals surface area (Å²) in [7, 11) is 0. The van der Waals surface area contributed by atoms with Crippen molar-refractivity contribution in [2.45, 2.75) is 45.1 Å². The maximum absolute atomic E-state index is 13.1. The molecule has 1 saturated heterocycles. The molecule has 4 unspecified atom stereocenters. The summed E-state index contributed by atoms with van der Waals surface area (Å²) in [6, 6.07) is 5.06. The molecule has 11 heteroatoms. The van der Waals surface area contributed by atoms with E-state index in [0.29, 0.717) is 13.0 Å². The lowest BCUT2D eigenvalue weighted by Crippen LogP contribution is -2.76. The number of nitrogens with one attached hydrogen (secondary N) is 2. The molecule has 0 saturated carbocycles. The highest BCUT2D eigenvalue weighted by atomic mass is 32.1. The number of aromatic nitrogens is 2. The molecule has 0 spiro atoms. The normalized spacial score (nSPS) is 27.1. The number of amides is 4. The van der Waals surface area contributed by atoms with Crippen molar-refractivity contribution in [3.63, 3.8) is 0 Å². The van der Waals surface area contributed by atoms with Gasteiger partial charge in [-0.3, -0.25) is 20.2 Å². The maximum atomic E-state index is 13.1. The number of rotatable bonds is 3. The number of hydrogen-bond donors (Lipinski definition) is 3. The van der Waals surface area contributed by atoms with Gasteiger partial charge in [-0.2, -0.15) is 0 Å². The molecule has 1 aromatic carbocycles. The van der Waals surface area contributed by atoms with E-state index >= 15 is 0 Å². The summed E-state index contributed by atoms with van der Waals surface area (Å²) in [5.74, 6) is -1.36. The van der Waals surface area contributed by atoms with Gasteiger partial charge in [-0.25, -0.2) is 4.79 Å². The standard InChI is InChI=1S/C20H24N6O4S/c1-10-8-26-16-5-4-13(18-25-24-12(3)31-18)6-14(16)7-15(20(26,21)11(2)30-10)17(28)23-19(29)22-9-27/h4-6,9-11,15H,7-8,21H2,1-3H3,(H2,22,23,27,28,29). The minimum Gasteiger partial charge on any atom is -0.370 e. The summed E-state index contributed by atoms with van der Waals surface area (Å²) in [5, 5.41) is 14.1. The number of ether oxygens (including phenoxy) is 1. The van der Waals surface area contributed by atoms with Crippen LogP contribution in [0.15, 0.2) is 18.2 Å². The zero-order chi connectivity index (χ0) is 22.3. The van der Waals surface area contributed by atoms with Crippen molar-refractivity contribution in [1.29, 1.82) is 0 Å². The molecule has 2 aliphatic heterocycles. The number of nitrogens with two attached hydrogens (primary N) is 1. The van der Waals surface area contributed by atoms with Gasteiger partial charge < -0.3 is 15.4 Å². The first-order valence-corrected chi connectivity index (χ1v) is 10.8. The summed E-state index contributed by atoms with van der Waals surface area (Å²) >= 11 is 1.49. The molecule has 4 N–H and O–H groups in total. The highest BCUT2D eigenvalue weighted by molar-refractivity contribution is 7.14. The second-order valence-electron chi connectivity index (χ2n) is 7.89. The maximum Gasteiger partial charge on any atom is 0.327 e. The molecular formula is C20H24N6O4S. The van der Waals surface area contributed by atoms with Gasteiger partial charge in [0.25, 0.3) is 0 Å². The average molecular weight is 445 g/mol. The van der Waals surface area contributed by atoms with Crippen LogP contribution in [0, 0.1) is 12.8 Å². The smallest absolute Gasteiger partial charge is 0.327 e. The molecule has 3 heterocycles. The first kappa shape index (κ1) is 21.3. The number of urea groups is 1. The van der Waals surface area contributed by atoms with Gasteiger partial charge in [-0.1, -0.05) is 11.3 Å². The molecule has 4 atom stereocenters. The Morgan fingerprint density at radius 2 is 2.13 bits per heavy atom. The van der Waals surface area contributed by atoms with Gasteiger partial charge in [0.1, 0.15) is 15.7 Å². The zero-order valence-electron chi connectivity index (χ0n) is 17.4. The quantitative estimate of drug-likeness (QED) is 0.594. The summed E-state index contributed by atoms with van der Waals surface area (Å²) in [4.78, 5) is 37.4. The molecule has 10 nitrogen and oxygen atoms in total. The fourth-order valence-electron chi connectivity index (χ4n) is 4.45. The highest BCUT2D eigenvalue weighted by Gasteiger charge is 2.55. The van der Waals surface area contributed by atoms with Crippen LogP contribution in [0.5, 0.6) is 0 Å². The Morgan fingerprint density at radius 3 is 2.81 bits per heavy atom. The van der Waals surface area contributed by atoms with E-state index in [9.17, 15) is 14.4 Å². The molecule has 164 valence electrons. The van der Waals surface area contributed by atoms with E-state index in [1.54, 1.807) is 0 Å². The summed E-state index contributed by atoms with van der Waals surface area (Å²) in [5.41, 5.74) is 8.44. The summed E-state index contributed by atoms with van der Waals surface area (Å²) in [6.45, 7) is 6.17. The second kappa shape index (κ2) is 7.98. The molecule has 1 fully saturated rings. The Balaban J connectivity index is 1.76. The lowest BCUT2D eigenvalue weighted by atomic mass is 9.76. The van der Waals surface area contributed by atoms with Crippen molar-refractivity contribution in [3.8, 4) is 10.6 Å². The van der Waals surface area contributed by atoms with E-state index in [4.69, 9.17) is 10.5 Å². The van der Waals surface area contributed by atoms with Crippen LogP contribution >= 0.6 is 11.3 Å². The number of hydrogen-bond acceptors (Lipinski definition) is 9. The lowest BCUT2D eigenvalue weighted by Gasteiger charge is -2.57. The Labute approximate surface area is 183 Å². The summed E-state index contributed by atoms with van der Waals surface area (Å²) < 4.78 is 5.98. The molecule has 1 aromatic heterocycles. The van der Waals surface area contributed by atoms with E-state index in [1.165, 1.54) is 11.3 Å². The minimum atomic E-state index is -1.16. The molecule has 4 amide bonds. The fourth-order valence-corrected chi connectivity index (χ4v) is 5.13. The van der Waals surface area contributed by atoms with Crippen LogP contribution in [0.1, 0.15) is 24.4 Å². The van der Waals surface area contributed by atoms with E-state index in [0.717, 1.165) is 26.8 Å². The minimum absolute atomic E-state index is 0.0924. The van der Waals surface area contributed by atoms with Crippen LogP contribution in [0.25, 0.3) is 10.6 Å². The number of carbonyl (C=O) groups is 3. The van der Waals surface area contributed by atoms with Gasteiger partial charge in [0, 0.05) is 17.8 Å². The third kappa shape index (κ3) is 3.68. The molecular weight excluding hydrogens is 420 g/mol. The first-order valence-electron chi connectivity index (χ1n) is 9.94. The Hall–Kier alpha value is -2.89. The number of carbonyl (C=O) groups excluding carboxylic acids is 3. The van der Waals surface area contributed by atoms with Crippen molar-refractivity contribution in [2.24, 2.45) is 11.7 Å². The molecule has 0 radical (unpaired) electrons. The molecule has 0 bridgehead atoms. The molecule has 2 aliphatic rings. The van der Waals surface area contributed by atoms with Crippen molar-refractivity contribution < 1.29 is 19.1 Å². The number of imide groups is 2. The monoisotopic (exact) mass is 444 g/mol. The Kier molecular flexibility index (Phi) is 5.50.